The predicted molar refractivity (Wildman–Crippen MR) is 116 cm³/mol. The zero-order valence-corrected chi connectivity index (χ0v) is 17.4. The average molecular weight is 419 g/mol. The Morgan fingerprint density at radius 1 is 1.03 bits per heavy atom. The number of rotatable bonds is 8. The van der Waals surface area contributed by atoms with Crippen molar-refractivity contribution < 1.29 is 9.21 Å². The minimum absolute atomic E-state index is 0.121. The van der Waals surface area contributed by atoms with E-state index in [4.69, 9.17) is 4.42 Å². The number of amides is 1. The van der Waals surface area contributed by atoms with Gasteiger partial charge in [0.2, 0.25) is 0 Å². The predicted octanol–water partition coefficient (Wildman–Crippen LogP) is 4.45. The molecule has 1 N–H and O–H groups in total. The van der Waals surface area contributed by atoms with Crippen molar-refractivity contribution in [1.82, 2.24) is 20.1 Å². The van der Waals surface area contributed by atoms with Gasteiger partial charge in [-0.2, -0.15) is 0 Å². The number of benzene rings is 2. The molecule has 152 valence electrons. The highest BCUT2D eigenvalue weighted by Gasteiger charge is 2.14. The number of hydrogen-bond donors (Lipinski definition) is 1. The molecule has 2 heterocycles. The highest BCUT2D eigenvalue weighted by molar-refractivity contribution is 7.98. The summed E-state index contributed by atoms with van der Waals surface area (Å²) in [6.07, 6.45) is 1.60. The van der Waals surface area contributed by atoms with Crippen LogP contribution in [0.3, 0.4) is 0 Å². The first-order valence-corrected chi connectivity index (χ1v) is 10.6. The summed E-state index contributed by atoms with van der Waals surface area (Å²) in [4.78, 5) is 12.7. The smallest absolute Gasteiger partial charge is 0.251 e. The number of nitrogens with one attached hydrogen (secondary N) is 1. The molecule has 0 radical (unpaired) electrons. The Hall–Kier alpha value is -3.32. The minimum Gasteiger partial charge on any atom is -0.467 e. The van der Waals surface area contributed by atoms with E-state index in [0.29, 0.717) is 24.4 Å². The molecule has 6 nitrogen and oxygen atoms in total. The van der Waals surface area contributed by atoms with Crippen molar-refractivity contribution >= 4 is 17.7 Å². The van der Waals surface area contributed by atoms with Crippen molar-refractivity contribution in [2.24, 2.45) is 0 Å². The van der Waals surface area contributed by atoms with Gasteiger partial charge in [-0.25, -0.2) is 0 Å². The summed E-state index contributed by atoms with van der Waals surface area (Å²) in [6, 6.07) is 21.5. The number of furan rings is 1. The topological polar surface area (TPSA) is 73.0 Å². The Morgan fingerprint density at radius 2 is 1.83 bits per heavy atom. The Balaban J connectivity index is 1.45. The third-order valence-corrected chi connectivity index (χ3v) is 5.72. The van der Waals surface area contributed by atoms with Crippen LogP contribution in [0.1, 0.15) is 33.1 Å². The van der Waals surface area contributed by atoms with Crippen LogP contribution in [-0.4, -0.2) is 20.7 Å². The van der Waals surface area contributed by atoms with Crippen LogP contribution in [0.4, 0.5) is 0 Å². The van der Waals surface area contributed by atoms with Crippen LogP contribution < -0.4 is 5.32 Å². The van der Waals surface area contributed by atoms with Gasteiger partial charge in [0.15, 0.2) is 5.16 Å². The molecule has 0 bridgehead atoms. The lowest BCUT2D eigenvalue weighted by molar-refractivity contribution is 0.0947. The Labute approximate surface area is 179 Å². The third kappa shape index (κ3) is 4.80. The fraction of sp³-hybridized carbons (Fsp3) is 0.174. The second-order valence-electron chi connectivity index (χ2n) is 6.81. The molecule has 0 saturated heterocycles. The van der Waals surface area contributed by atoms with Crippen molar-refractivity contribution in [3.63, 3.8) is 0 Å². The molecule has 2 aromatic carbocycles. The third-order valence-electron chi connectivity index (χ3n) is 4.71. The lowest BCUT2D eigenvalue weighted by atomic mass is 10.1. The van der Waals surface area contributed by atoms with E-state index in [1.165, 1.54) is 5.56 Å². The fourth-order valence-electron chi connectivity index (χ4n) is 3.10. The molecule has 0 aliphatic rings. The SMILES string of the molecule is Cc1nnc(SCc2ccccc2C(=O)NCc2ccco2)n1Cc1ccccc1. The van der Waals surface area contributed by atoms with Gasteiger partial charge in [0.25, 0.3) is 5.91 Å². The number of thioether (sulfide) groups is 1. The molecule has 30 heavy (non-hydrogen) atoms. The Bertz CT molecular complexity index is 1110. The molecular formula is C23H22N4O2S. The number of hydrogen-bond acceptors (Lipinski definition) is 5. The van der Waals surface area contributed by atoms with Crippen LogP contribution >= 0.6 is 11.8 Å². The molecule has 4 rings (SSSR count). The molecular weight excluding hydrogens is 396 g/mol. The molecule has 0 aliphatic carbocycles. The molecule has 0 atom stereocenters. The van der Waals surface area contributed by atoms with Crippen molar-refractivity contribution in [3.05, 3.63) is 101 Å². The Kier molecular flexibility index (Phi) is 6.29. The highest BCUT2D eigenvalue weighted by atomic mass is 32.2. The number of nitrogens with zero attached hydrogens (tertiary/aromatic N) is 3. The summed E-state index contributed by atoms with van der Waals surface area (Å²) in [5.41, 5.74) is 2.80. The standard InChI is InChI=1S/C23H22N4O2S/c1-17-25-26-23(27(17)15-18-8-3-2-4-9-18)30-16-19-10-5-6-12-21(19)22(28)24-14-20-11-7-13-29-20/h2-13H,14-16H2,1H3,(H,24,28). The van der Waals surface area contributed by atoms with Crippen LogP contribution in [0.25, 0.3) is 0 Å². The zero-order chi connectivity index (χ0) is 20.8. The van der Waals surface area contributed by atoms with E-state index in [-0.39, 0.29) is 5.91 Å². The maximum absolute atomic E-state index is 12.7. The van der Waals surface area contributed by atoms with Crippen LogP contribution in [0.5, 0.6) is 0 Å². The summed E-state index contributed by atoms with van der Waals surface area (Å²) < 4.78 is 7.38. The van der Waals surface area contributed by atoms with Crippen LogP contribution in [-0.2, 0) is 18.8 Å². The Morgan fingerprint density at radius 3 is 2.63 bits per heavy atom. The van der Waals surface area contributed by atoms with Gasteiger partial charge in [0.1, 0.15) is 11.6 Å². The van der Waals surface area contributed by atoms with E-state index in [2.05, 4.69) is 32.2 Å². The van der Waals surface area contributed by atoms with E-state index in [1.807, 2.05) is 55.5 Å². The summed E-state index contributed by atoms with van der Waals surface area (Å²) in [7, 11) is 0. The average Bonchev–Trinajstić information content (AvgIpc) is 3.42. The van der Waals surface area contributed by atoms with E-state index in [0.717, 1.165) is 22.3 Å². The van der Waals surface area contributed by atoms with Gasteiger partial charge in [-0.15, -0.1) is 10.2 Å². The molecule has 0 saturated carbocycles. The lowest BCUT2D eigenvalue weighted by Crippen LogP contribution is -2.23. The molecule has 0 fully saturated rings. The quantitative estimate of drug-likeness (QED) is 0.428. The van der Waals surface area contributed by atoms with E-state index >= 15 is 0 Å². The lowest BCUT2D eigenvalue weighted by Gasteiger charge is -2.11. The van der Waals surface area contributed by atoms with Crippen molar-refractivity contribution in [3.8, 4) is 0 Å². The zero-order valence-electron chi connectivity index (χ0n) is 16.6. The first-order chi connectivity index (χ1) is 14.7. The van der Waals surface area contributed by atoms with Gasteiger partial charge in [-0.05, 0) is 36.2 Å². The van der Waals surface area contributed by atoms with E-state index < -0.39 is 0 Å². The van der Waals surface area contributed by atoms with E-state index in [1.54, 1.807) is 24.1 Å². The van der Waals surface area contributed by atoms with Gasteiger partial charge in [0, 0.05) is 11.3 Å². The van der Waals surface area contributed by atoms with Crippen LogP contribution in [0.15, 0.2) is 82.6 Å². The van der Waals surface area contributed by atoms with Gasteiger partial charge < -0.3 is 14.3 Å². The minimum atomic E-state index is -0.121. The summed E-state index contributed by atoms with van der Waals surface area (Å²) >= 11 is 1.58. The number of carbonyl (C=O) groups excluding carboxylic acids is 1. The number of carbonyl (C=O) groups is 1. The first kappa shape index (κ1) is 20.0. The van der Waals surface area contributed by atoms with E-state index in [9.17, 15) is 4.79 Å². The molecule has 0 aliphatic heterocycles. The first-order valence-electron chi connectivity index (χ1n) is 9.65. The van der Waals surface area contributed by atoms with Crippen molar-refractivity contribution in [2.45, 2.75) is 30.9 Å². The largest absolute Gasteiger partial charge is 0.467 e. The monoisotopic (exact) mass is 418 g/mol. The molecule has 0 unspecified atom stereocenters. The highest BCUT2D eigenvalue weighted by Crippen LogP contribution is 2.24. The van der Waals surface area contributed by atoms with Gasteiger partial charge in [-0.1, -0.05) is 60.3 Å². The molecule has 0 spiro atoms. The number of aryl methyl sites for hydroxylation is 1. The molecule has 2 aromatic heterocycles. The second-order valence-corrected chi connectivity index (χ2v) is 7.75. The molecule has 7 heteroatoms. The van der Waals surface area contributed by atoms with Gasteiger partial charge in [-0.3, -0.25) is 4.79 Å². The van der Waals surface area contributed by atoms with Crippen LogP contribution in [0.2, 0.25) is 0 Å². The summed E-state index contributed by atoms with van der Waals surface area (Å²) in [5.74, 6) is 2.09. The van der Waals surface area contributed by atoms with Crippen molar-refractivity contribution in [1.29, 1.82) is 0 Å². The van der Waals surface area contributed by atoms with Crippen molar-refractivity contribution in [2.75, 3.05) is 0 Å². The maximum atomic E-state index is 12.7. The summed E-state index contributed by atoms with van der Waals surface area (Å²) in [6.45, 7) is 3.03. The second kappa shape index (κ2) is 9.45. The summed E-state index contributed by atoms with van der Waals surface area (Å²) in [5, 5.41) is 12.3. The molecule has 1 amide bonds. The van der Waals surface area contributed by atoms with Gasteiger partial charge >= 0.3 is 0 Å². The van der Waals surface area contributed by atoms with Crippen LogP contribution in [0, 0.1) is 6.92 Å². The number of aromatic nitrogens is 3. The normalized spacial score (nSPS) is 10.8. The molecule has 4 aromatic rings. The maximum Gasteiger partial charge on any atom is 0.251 e. The fourth-order valence-corrected chi connectivity index (χ4v) is 4.09. The van der Waals surface area contributed by atoms with Gasteiger partial charge in [0.05, 0.1) is 19.4 Å².